The van der Waals surface area contributed by atoms with Crippen LogP contribution in [-0.4, -0.2) is 43.4 Å². The molecule has 0 aliphatic carbocycles. The molecule has 2 aromatic rings. The molecule has 0 fully saturated rings. The summed E-state index contributed by atoms with van der Waals surface area (Å²) in [4.78, 5) is 12.1. The molecule has 0 saturated heterocycles. The van der Waals surface area contributed by atoms with Crippen molar-refractivity contribution in [1.82, 2.24) is 4.31 Å². The van der Waals surface area contributed by atoms with Crippen LogP contribution in [0.1, 0.15) is 19.4 Å². The number of phenolic OH excluding ortho intramolecular Hbond substituents is 1. The maximum absolute atomic E-state index is 12.6. The van der Waals surface area contributed by atoms with E-state index in [2.05, 4.69) is 5.32 Å². The fraction of sp³-hybridized carbons (Fsp3) is 0.316. The number of halogens is 1. The molecule has 0 bridgehead atoms. The number of carbonyl (C=O) groups is 1. The maximum atomic E-state index is 12.6. The fourth-order valence-electron chi connectivity index (χ4n) is 2.54. The van der Waals surface area contributed by atoms with E-state index >= 15 is 0 Å². The van der Waals surface area contributed by atoms with Crippen molar-refractivity contribution in [2.24, 2.45) is 0 Å². The van der Waals surface area contributed by atoms with E-state index in [-0.39, 0.29) is 29.5 Å². The number of hydrogen-bond acceptors (Lipinski definition) is 5. The summed E-state index contributed by atoms with van der Waals surface area (Å²) < 4.78 is 31.8. The number of carbonyl (C=O) groups excluding carboxylic acids is 1. The average Bonchev–Trinajstić information content (AvgIpc) is 2.65. The van der Waals surface area contributed by atoms with Gasteiger partial charge >= 0.3 is 0 Å². The number of hydrogen-bond donors (Lipinski definition) is 2. The van der Waals surface area contributed by atoms with Gasteiger partial charge in [0, 0.05) is 18.1 Å². The minimum atomic E-state index is -3.71. The van der Waals surface area contributed by atoms with Crippen molar-refractivity contribution >= 4 is 33.2 Å². The van der Waals surface area contributed by atoms with Crippen LogP contribution in [0, 0.1) is 0 Å². The Hall–Kier alpha value is -2.13. The molecule has 9 heteroatoms. The largest absolute Gasteiger partial charge is 0.506 e. The van der Waals surface area contributed by atoms with Crippen LogP contribution in [0.2, 0.25) is 5.02 Å². The van der Waals surface area contributed by atoms with Crippen LogP contribution in [-0.2, 0) is 26.2 Å². The first-order valence-corrected chi connectivity index (χ1v) is 10.6. The number of ether oxygens (including phenoxy) is 1. The lowest BCUT2D eigenvalue weighted by Gasteiger charge is -2.19. The second-order valence-corrected chi connectivity index (χ2v) is 8.25. The molecule has 7 nitrogen and oxygen atoms in total. The number of sulfonamides is 1. The van der Waals surface area contributed by atoms with Crippen LogP contribution in [0.4, 0.5) is 5.69 Å². The maximum Gasteiger partial charge on any atom is 0.250 e. The first kappa shape index (κ1) is 22.2. The van der Waals surface area contributed by atoms with Crippen molar-refractivity contribution in [2.75, 3.05) is 25.0 Å². The minimum Gasteiger partial charge on any atom is -0.506 e. The lowest BCUT2D eigenvalue weighted by Crippen LogP contribution is -2.30. The number of benzene rings is 2. The third-order valence-corrected chi connectivity index (χ3v) is 6.45. The minimum absolute atomic E-state index is 0.000394. The predicted octanol–water partition coefficient (Wildman–Crippen LogP) is 3.23. The first-order valence-electron chi connectivity index (χ1n) is 8.73. The molecule has 2 N–H and O–H groups in total. The zero-order valence-corrected chi connectivity index (χ0v) is 17.3. The van der Waals surface area contributed by atoms with Gasteiger partial charge in [-0.25, -0.2) is 8.42 Å². The number of nitrogens with zero attached hydrogens (tertiary/aromatic N) is 1. The normalized spacial score (nSPS) is 11.6. The molecule has 0 aliphatic rings. The molecule has 2 aromatic carbocycles. The van der Waals surface area contributed by atoms with Gasteiger partial charge in [0.05, 0.1) is 17.2 Å². The molecule has 0 saturated carbocycles. The van der Waals surface area contributed by atoms with Gasteiger partial charge in [0.15, 0.2) is 0 Å². The summed E-state index contributed by atoms with van der Waals surface area (Å²) in [6.07, 6.45) is 0. The van der Waals surface area contributed by atoms with Gasteiger partial charge in [-0.15, -0.1) is 0 Å². The van der Waals surface area contributed by atoms with Crippen LogP contribution < -0.4 is 5.32 Å². The highest BCUT2D eigenvalue weighted by Crippen LogP contribution is 2.28. The van der Waals surface area contributed by atoms with Gasteiger partial charge in [0.2, 0.25) is 15.9 Å². The summed E-state index contributed by atoms with van der Waals surface area (Å²) in [5.41, 5.74) is 0.742. The molecule has 0 atom stereocenters. The van der Waals surface area contributed by atoms with E-state index in [0.29, 0.717) is 18.1 Å². The topological polar surface area (TPSA) is 95.9 Å². The van der Waals surface area contributed by atoms with E-state index in [0.717, 1.165) is 5.56 Å². The Morgan fingerprint density at radius 1 is 1.18 bits per heavy atom. The molecule has 0 radical (unpaired) electrons. The summed E-state index contributed by atoms with van der Waals surface area (Å²) in [7, 11) is -3.71. The summed E-state index contributed by atoms with van der Waals surface area (Å²) in [5, 5.41) is 13.0. The van der Waals surface area contributed by atoms with Crippen molar-refractivity contribution in [1.29, 1.82) is 0 Å². The zero-order valence-electron chi connectivity index (χ0n) is 15.7. The molecule has 0 aliphatic heterocycles. The van der Waals surface area contributed by atoms with Gasteiger partial charge in [-0.3, -0.25) is 4.79 Å². The number of phenols is 1. The van der Waals surface area contributed by atoms with Crippen LogP contribution in [0.25, 0.3) is 0 Å². The molecule has 0 unspecified atom stereocenters. The van der Waals surface area contributed by atoms with Crippen LogP contribution in [0.3, 0.4) is 0 Å². The fourth-order valence-corrected chi connectivity index (χ4v) is 4.22. The Labute approximate surface area is 169 Å². The van der Waals surface area contributed by atoms with Gasteiger partial charge in [-0.05, 0) is 29.8 Å². The Kier molecular flexibility index (Phi) is 7.82. The van der Waals surface area contributed by atoms with Gasteiger partial charge in [0.25, 0.3) is 0 Å². The van der Waals surface area contributed by atoms with Crippen molar-refractivity contribution in [3.8, 4) is 5.75 Å². The van der Waals surface area contributed by atoms with Gasteiger partial charge in [-0.1, -0.05) is 43.6 Å². The molecule has 0 heterocycles. The first-order chi connectivity index (χ1) is 13.3. The van der Waals surface area contributed by atoms with Crippen molar-refractivity contribution in [3.63, 3.8) is 0 Å². The molecule has 1 amide bonds. The summed E-state index contributed by atoms with van der Waals surface area (Å²) >= 11 is 6.03. The smallest absolute Gasteiger partial charge is 0.250 e. The number of rotatable bonds is 9. The SMILES string of the molecule is CCN(CC)S(=O)(=O)c1ccc(O)c(NC(=O)COCc2ccccc2Cl)c1. The standard InChI is InChI=1S/C19H23ClN2O5S/c1-3-22(4-2)28(25,26)15-9-10-18(23)17(11-15)21-19(24)13-27-12-14-7-5-6-8-16(14)20/h5-11,23H,3-4,12-13H2,1-2H3,(H,21,24). The Morgan fingerprint density at radius 3 is 2.50 bits per heavy atom. The highest BCUT2D eigenvalue weighted by molar-refractivity contribution is 7.89. The van der Waals surface area contributed by atoms with Gasteiger partial charge < -0.3 is 15.2 Å². The lowest BCUT2D eigenvalue weighted by molar-refractivity contribution is -0.121. The van der Waals surface area contributed by atoms with E-state index < -0.39 is 15.9 Å². The molecular weight excluding hydrogens is 404 g/mol. The molecule has 152 valence electrons. The summed E-state index contributed by atoms with van der Waals surface area (Å²) in [6, 6.07) is 10.9. The Bertz CT molecular complexity index is 930. The zero-order chi connectivity index (χ0) is 20.7. The molecule has 0 aromatic heterocycles. The average molecular weight is 427 g/mol. The monoisotopic (exact) mass is 426 g/mol. The van der Waals surface area contributed by atoms with E-state index in [9.17, 15) is 18.3 Å². The molecule has 0 spiro atoms. The van der Waals surface area contributed by atoms with Gasteiger partial charge in [-0.2, -0.15) is 4.31 Å². The number of aromatic hydroxyl groups is 1. The van der Waals surface area contributed by atoms with Gasteiger partial charge in [0.1, 0.15) is 12.4 Å². The summed E-state index contributed by atoms with van der Waals surface area (Å²) in [6.45, 7) is 3.97. The number of amides is 1. The van der Waals surface area contributed by atoms with E-state index in [1.165, 1.54) is 22.5 Å². The second-order valence-electron chi connectivity index (χ2n) is 5.90. The third kappa shape index (κ3) is 5.45. The van der Waals surface area contributed by atoms with Crippen molar-refractivity contribution in [2.45, 2.75) is 25.3 Å². The molecular formula is C19H23ClN2O5S. The third-order valence-electron chi connectivity index (χ3n) is 4.03. The molecule has 28 heavy (non-hydrogen) atoms. The number of anilines is 1. The van der Waals surface area contributed by atoms with E-state index in [1.807, 2.05) is 6.07 Å². The summed E-state index contributed by atoms with van der Waals surface area (Å²) in [5.74, 6) is -0.766. The predicted molar refractivity (Wildman–Crippen MR) is 108 cm³/mol. The number of nitrogens with one attached hydrogen (secondary N) is 1. The quantitative estimate of drug-likeness (QED) is 0.600. The highest BCUT2D eigenvalue weighted by Gasteiger charge is 2.23. The van der Waals surface area contributed by atoms with Crippen molar-refractivity contribution in [3.05, 3.63) is 53.1 Å². The van der Waals surface area contributed by atoms with Crippen molar-refractivity contribution < 1.29 is 23.1 Å². The van der Waals surface area contributed by atoms with E-state index in [1.54, 1.807) is 32.0 Å². The molecule has 2 rings (SSSR count). The lowest BCUT2D eigenvalue weighted by atomic mass is 10.2. The highest BCUT2D eigenvalue weighted by atomic mass is 35.5. The van der Waals surface area contributed by atoms with Crippen LogP contribution in [0.15, 0.2) is 47.4 Å². The Balaban J connectivity index is 2.05. The van der Waals surface area contributed by atoms with E-state index in [4.69, 9.17) is 16.3 Å². The second kappa shape index (κ2) is 9.88. The van der Waals surface area contributed by atoms with Crippen LogP contribution in [0.5, 0.6) is 5.75 Å². The van der Waals surface area contributed by atoms with Crippen LogP contribution >= 0.6 is 11.6 Å². The Morgan fingerprint density at radius 2 is 1.86 bits per heavy atom.